The maximum atomic E-state index is 13.0. The summed E-state index contributed by atoms with van der Waals surface area (Å²) in [5, 5.41) is 7.82. The van der Waals surface area contributed by atoms with Gasteiger partial charge < -0.3 is 5.32 Å². The summed E-state index contributed by atoms with van der Waals surface area (Å²) in [5.74, 6) is -0.843. The summed E-state index contributed by atoms with van der Waals surface area (Å²) in [4.78, 5) is 17.1. The molecule has 0 saturated heterocycles. The normalized spacial score (nSPS) is 11.5. The van der Waals surface area contributed by atoms with E-state index in [1.807, 2.05) is 0 Å². The van der Waals surface area contributed by atoms with Crippen molar-refractivity contribution in [2.45, 2.75) is 6.18 Å². The summed E-state index contributed by atoms with van der Waals surface area (Å²) >= 11 is 18.3. The standard InChI is InChI=1S/C22H12Cl3F3N4O/c23-13-4-7-16(8-5-13)32-20(17-9-6-14(24)11-18(17)25)30-19(31-32)21(33)29-15-3-1-2-12(10-15)22(26,27)28/h1-11H,(H,29,33). The van der Waals surface area contributed by atoms with Crippen LogP contribution in [-0.2, 0) is 6.18 Å². The van der Waals surface area contributed by atoms with Crippen molar-refractivity contribution < 1.29 is 18.0 Å². The first-order chi connectivity index (χ1) is 15.6. The molecule has 0 saturated carbocycles. The summed E-state index contributed by atoms with van der Waals surface area (Å²) in [7, 11) is 0. The van der Waals surface area contributed by atoms with Crippen LogP contribution in [0.15, 0.2) is 66.7 Å². The van der Waals surface area contributed by atoms with Crippen LogP contribution in [0.1, 0.15) is 16.2 Å². The Bertz CT molecular complexity index is 1340. The summed E-state index contributed by atoms with van der Waals surface area (Å²) < 4.78 is 40.3. The van der Waals surface area contributed by atoms with E-state index in [2.05, 4.69) is 15.4 Å². The lowest BCUT2D eigenvalue weighted by atomic mass is 10.2. The first-order valence-electron chi connectivity index (χ1n) is 9.29. The number of nitrogens with one attached hydrogen (secondary N) is 1. The Hall–Kier alpha value is -3.07. The Balaban J connectivity index is 1.75. The summed E-state index contributed by atoms with van der Waals surface area (Å²) in [6.07, 6.45) is -4.55. The maximum absolute atomic E-state index is 13.0. The lowest BCUT2D eigenvalue weighted by Crippen LogP contribution is -2.15. The quantitative estimate of drug-likeness (QED) is 0.316. The minimum Gasteiger partial charge on any atom is -0.319 e. The molecule has 0 unspecified atom stereocenters. The number of nitrogens with zero attached hydrogens (tertiary/aromatic N) is 3. The molecule has 0 radical (unpaired) electrons. The average Bonchev–Trinajstić information content (AvgIpc) is 3.19. The predicted molar refractivity (Wildman–Crippen MR) is 121 cm³/mol. The first kappa shape index (κ1) is 23.1. The van der Waals surface area contributed by atoms with E-state index in [1.165, 1.54) is 22.9 Å². The van der Waals surface area contributed by atoms with Crippen LogP contribution < -0.4 is 5.32 Å². The molecule has 4 rings (SSSR count). The number of amides is 1. The predicted octanol–water partition coefficient (Wildman–Crippen LogP) is 7.17. The number of rotatable bonds is 4. The molecule has 0 aliphatic rings. The van der Waals surface area contributed by atoms with E-state index >= 15 is 0 Å². The van der Waals surface area contributed by atoms with Crippen molar-refractivity contribution in [3.05, 3.63) is 93.2 Å². The Morgan fingerprint density at radius 1 is 0.909 bits per heavy atom. The van der Waals surface area contributed by atoms with Gasteiger partial charge in [0.2, 0.25) is 5.82 Å². The number of hydrogen-bond acceptors (Lipinski definition) is 3. The van der Waals surface area contributed by atoms with E-state index in [1.54, 1.807) is 36.4 Å². The molecule has 3 aromatic carbocycles. The Morgan fingerprint density at radius 2 is 1.61 bits per heavy atom. The average molecular weight is 512 g/mol. The van der Waals surface area contributed by atoms with Crippen LogP contribution in [0.4, 0.5) is 18.9 Å². The van der Waals surface area contributed by atoms with Gasteiger partial charge in [-0.3, -0.25) is 4.79 Å². The molecule has 33 heavy (non-hydrogen) atoms. The van der Waals surface area contributed by atoms with Crippen molar-refractivity contribution in [1.29, 1.82) is 0 Å². The third-order valence-corrected chi connectivity index (χ3v) is 5.30. The van der Waals surface area contributed by atoms with Gasteiger partial charge in [0.25, 0.3) is 5.91 Å². The number of anilines is 1. The Morgan fingerprint density at radius 3 is 2.27 bits per heavy atom. The van der Waals surface area contributed by atoms with Crippen LogP contribution in [-0.4, -0.2) is 20.7 Å². The van der Waals surface area contributed by atoms with Crippen molar-refractivity contribution in [3.8, 4) is 17.1 Å². The first-order valence-corrected chi connectivity index (χ1v) is 10.4. The van der Waals surface area contributed by atoms with Crippen LogP contribution in [0.3, 0.4) is 0 Å². The molecule has 1 aromatic heterocycles. The maximum Gasteiger partial charge on any atom is 0.416 e. The van der Waals surface area contributed by atoms with Crippen molar-refractivity contribution in [1.82, 2.24) is 14.8 Å². The molecule has 11 heteroatoms. The number of carbonyl (C=O) groups is 1. The molecule has 1 N–H and O–H groups in total. The molecule has 168 valence electrons. The van der Waals surface area contributed by atoms with E-state index < -0.39 is 17.6 Å². The largest absolute Gasteiger partial charge is 0.416 e. The molecule has 0 aliphatic heterocycles. The number of carbonyl (C=O) groups excluding carboxylic acids is 1. The van der Waals surface area contributed by atoms with Gasteiger partial charge in [0, 0.05) is 21.3 Å². The van der Waals surface area contributed by atoms with Gasteiger partial charge in [-0.25, -0.2) is 9.67 Å². The molecule has 0 bridgehead atoms. The van der Waals surface area contributed by atoms with Crippen LogP contribution >= 0.6 is 34.8 Å². The van der Waals surface area contributed by atoms with E-state index in [9.17, 15) is 18.0 Å². The molecule has 1 heterocycles. The zero-order chi connectivity index (χ0) is 23.8. The highest BCUT2D eigenvalue weighted by Gasteiger charge is 2.30. The lowest BCUT2D eigenvalue weighted by molar-refractivity contribution is -0.137. The van der Waals surface area contributed by atoms with Gasteiger partial charge in [-0.1, -0.05) is 40.9 Å². The summed E-state index contributed by atoms with van der Waals surface area (Å²) in [6.45, 7) is 0. The highest BCUT2D eigenvalue weighted by Crippen LogP contribution is 2.32. The fraction of sp³-hybridized carbons (Fsp3) is 0.0455. The number of halogens is 6. The molecular weight excluding hydrogens is 500 g/mol. The van der Waals surface area contributed by atoms with Crippen LogP contribution in [0.25, 0.3) is 17.1 Å². The van der Waals surface area contributed by atoms with Crippen molar-refractivity contribution >= 4 is 46.4 Å². The second kappa shape index (κ2) is 9.05. The van der Waals surface area contributed by atoms with Crippen molar-refractivity contribution in [2.75, 3.05) is 5.32 Å². The smallest absolute Gasteiger partial charge is 0.319 e. The molecule has 0 fully saturated rings. The SMILES string of the molecule is O=C(Nc1cccc(C(F)(F)F)c1)c1nc(-c2ccc(Cl)cc2Cl)n(-c2ccc(Cl)cc2)n1. The number of hydrogen-bond donors (Lipinski definition) is 1. The Kier molecular flexibility index (Phi) is 6.34. The van der Waals surface area contributed by atoms with Crippen molar-refractivity contribution in [3.63, 3.8) is 0 Å². The van der Waals surface area contributed by atoms with E-state index in [4.69, 9.17) is 34.8 Å². The number of benzene rings is 3. The molecule has 0 spiro atoms. The molecular formula is C22H12Cl3F3N4O. The third kappa shape index (κ3) is 5.13. The highest BCUT2D eigenvalue weighted by atomic mass is 35.5. The Labute approximate surface area is 200 Å². The van der Waals surface area contributed by atoms with Crippen LogP contribution in [0.5, 0.6) is 0 Å². The van der Waals surface area contributed by atoms with Gasteiger partial charge in [-0.15, -0.1) is 5.10 Å². The highest BCUT2D eigenvalue weighted by molar-refractivity contribution is 6.36. The topological polar surface area (TPSA) is 59.8 Å². The molecule has 0 aliphatic carbocycles. The third-order valence-electron chi connectivity index (χ3n) is 4.50. The van der Waals surface area contributed by atoms with Crippen LogP contribution in [0.2, 0.25) is 15.1 Å². The van der Waals surface area contributed by atoms with E-state index in [0.717, 1.165) is 12.1 Å². The monoisotopic (exact) mass is 510 g/mol. The number of alkyl halides is 3. The fourth-order valence-corrected chi connectivity index (χ4v) is 3.60. The van der Waals surface area contributed by atoms with Gasteiger partial charge in [0.1, 0.15) is 0 Å². The molecule has 1 amide bonds. The summed E-state index contributed by atoms with van der Waals surface area (Å²) in [6, 6.07) is 15.6. The zero-order valence-corrected chi connectivity index (χ0v) is 18.6. The van der Waals surface area contributed by atoms with E-state index in [0.29, 0.717) is 21.3 Å². The fourth-order valence-electron chi connectivity index (χ4n) is 2.98. The number of aromatic nitrogens is 3. The van der Waals surface area contributed by atoms with Gasteiger partial charge >= 0.3 is 6.18 Å². The van der Waals surface area contributed by atoms with Crippen molar-refractivity contribution in [2.24, 2.45) is 0 Å². The van der Waals surface area contributed by atoms with E-state index in [-0.39, 0.29) is 22.4 Å². The second-order valence-electron chi connectivity index (χ2n) is 6.80. The zero-order valence-electron chi connectivity index (χ0n) is 16.4. The van der Waals surface area contributed by atoms with Crippen LogP contribution in [0, 0.1) is 0 Å². The summed E-state index contributed by atoms with van der Waals surface area (Å²) in [5.41, 5.74) is 0.0324. The van der Waals surface area contributed by atoms with Gasteiger partial charge in [0.15, 0.2) is 5.82 Å². The lowest BCUT2D eigenvalue weighted by Gasteiger charge is -2.08. The molecule has 4 aromatic rings. The molecule has 5 nitrogen and oxygen atoms in total. The second-order valence-corrected chi connectivity index (χ2v) is 8.08. The van der Waals surface area contributed by atoms with Gasteiger partial charge in [0.05, 0.1) is 16.3 Å². The van der Waals surface area contributed by atoms with Gasteiger partial charge in [-0.2, -0.15) is 13.2 Å². The van der Waals surface area contributed by atoms with Gasteiger partial charge in [-0.05, 0) is 60.7 Å². The minimum absolute atomic E-state index is 0.0521. The minimum atomic E-state index is -4.55. The molecule has 0 atom stereocenters.